The quantitative estimate of drug-likeness (QED) is 0.171. The first kappa shape index (κ1) is 35.0. The van der Waals surface area contributed by atoms with Gasteiger partial charge in [-0.2, -0.15) is 0 Å². The van der Waals surface area contributed by atoms with Crippen molar-refractivity contribution in [3.05, 3.63) is 223 Å². The maximum Gasteiger partial charge on any atom is 0.0893 e. The van der Waals surface area contributed by atoms with Crippen molar-refractivity contribution in [2.24, 2.45) is 4.99 Å². The van der Waals surface area contributed by atoms with Gasteiger partial charge in [0.25, 0.3) is 0 Å². The molecule has 3 aliphatic heterocycles. The van der Waals surface area contributed by atoms with Gasteiger partial charge in [0, 0.05) is 43.1 Å². The number of hydrogen-bond donors (Lipinski definition) is 0. The van der Waals surface area contributed by atoms with Crippen LogP contribution in [0.2, 0.25) is 0 Å². The molecule has 0 bridgehead atoms. The molecule has 0 radical (unpaired) electrons. The molecule has 10 rings (SSSR count). The van der Waals surface area contributed by atoms with Crippen LogP contribution in [0.15, 0.2) is 209 Å². The molecule has 4 aromatic carbocycles. The van der Waals surface area contributed by atoms with E-state index in [4.69, 9.17) is 19.9 Å². The Hall–Kier alpha value is -6.69. The summed E-state index contributed by atoms with van der Waals surface area (Å²) in [4.78, 5) is 25.7. The van der Waals surface area contributed by atoms with E-state index < -0.39 is 10.0 Å². The third kappa shape index (κ3) is 5.80. The van der Waals surface area contributed by atoms with E-state index in [1.165, 1.54) is 41.9 Å². The van der Waals surface area contributed by atoms with Gasteiger partial charge in [-0.05, 0) is 83.3 Å². The minimum Gasteiger partial charge on any atom is -0.255 e. The van der Waals surface area contributed by atoms with Gasteiger partial charge < -0.3 is 0 Å². The highest BCUT2D eigenvalue weighted by molar-refractivity contribution is 8.48. The monoisotopic (exact) mass is 740 g/mol. The van der Waals surface area contributed by atoms with Gasteiger partial charge in [-0.1, -0.05) is 141 Å². The van der Waals surface area contributed by atoms with Crippen LogP contribution in [-0.2, 0) is 0 Å². The molecule has 5 heteroatoms. The Morgan fingerprint density at radius 1 is 0.446 bits per heavy atom. The summed E-state index contributed by atoms with van der Waals surface area (Å²) in [5.41, 5.74) is 12.3. The zero-order valence-corrected chi connectivity index (χ0v) is 32.2. The number of pyridine rings is 3. The van der Waals surface area contributed by atoms with Crippen LogP contribution in [0.25, 0.3) is 43.5 Å². The Morgan fingerprint density at radius 2 is 0.946 bits per heavy atom. The van der Waals surface area contributed by atoms with Crippen LogP contribution in [0.1, 0.15) is 48.5 Å². The summed E-state index contributed by atoms with van der Waals surface area (Å²) in [6.45, 7) is 4.00. The highest BCUT2D eigenvalue weighted by Gasteiger charge is 2.53. The van der Waals surface area contributed by atoms with Gasteiger partial charge in [-0.15, -0.1) is 10.0 Å². The Labute approximate surface area is 330 Å². The minimum atomic E-state index is -2.24. The molecule has 270 valence electrons. The maximum absolute atomic E-state index is 5.57. The second kappa shape index (κ2) is 15.2. The van der Waals surface area contributed by atoms with E-state index in [1.807, 2.05) is 44.4 Å². The van der Waals surface area contributed by atoms with E-state index in [9.17, 15) is 0 Å². The molecule has 0 fully saturated rings. The molecular weight excluding hydrogens is 701 g/mol. The molecule has 0 unspecified atom stereocenters. The fourth-order valence-corrected chi connectivity index (χ4v) is 12.8. The highest BCUT2D eigenvalue weighted by Crippen LogP contribution is 2.88. The lowest BCUT2D eigenvalue weighted by Crippen LogP contribution is -2.08. The average molecular weight is 741 g/mol. The van der Waals surface area contributed by atoms with Gasteiger partial charge in [0.05, 0.1) is 34.2 Å². The molecule has 56 heavy (non-hydrogen) atoms. The topological polar surface area (TPSA) is 51.0 Å². The second-order valence-corrected chi connectivity index (χ2v) is 16.2. The van der Waals surface area contributed by atoms with E-state index in [0.29, 0.717) is 0 Å². The largest absolute Gasteiger partial charge is 0.255 e. The van der Waals surface area contributed by atoms with Crippen molar-refractivity contribution >= 4 is 36.7 Å². The average Bonchev–Trinajstić information content (AvgIpc) is 3.59. The normalized spacial score (nSPS) is 15.4. The van der Waals surface area contributed by atoms with Crippen molar-refractivity contribution < 1.29 is 0 Å². The number of hydrogen-bond acceptors (Lipinski definition) is 4. The Kier molecular flexibility index (Phi) is 9.52. The summed E-state index contributed by atoms with van der Waals surface area (Å²) in [5, 5.41) is 0. The number of fused-ring (bicyclic) bond motifs is 5. The Balaban J connectivity index is 0.00000202. The van der Waals surface area contributed by atoms with Crippen molar-refractivity contribution in [2.45, 2.75) is 30.1 Å². The van der Waals surface area contributed by atoms with E-state index in [0.717, 1.165) is 51.7 Å². The van der Waals surface area contributed by atoms with Gasteiger partial charge in [0.2, 0.25) is 0 Å². The number of aliphatic imine (C=N–C) groups is 1. The summed E-state index contributed by atoms with van der Waals surface area (Å²) >= 11 is 0. The van der Waals surface area contributed by atoms with E-state index in [2.05, 4.69) is 164 Å². The Bertz CT molecular complexity index is 2680. The lowest BCUT2D eigenvalue weighted by Gasteiger charge is -2.40. The van der Waals surface area contributed by atoms with Crippen LogP contribution in [0, 0.1) is 0 Å². The standard InChI is InChI=1S/C49H34N4S.C2H6/c1-4-18-34(19-5-1)46-47(35-20-6-2-7-21-35)49(43-29-17-27-41(53-43)39-25-13-15-33-51-39)54(44-30-11-9-22-36(44)37-23-10-12-31-45(37)54)48(46)42-28-16-26-40(52-42)38-24-8-3-14-32-50-38;1-2/h1-2,4-33H,3H2;1-2H3. The number of aromatic nitrogens is 3. The lowest BCUT2D eigenvalue weighted by atomic mass is 9.90. The van der Waals surface area contributed by atoms with E-state index in [-0.39, 0.29) is 0 Å². The van der Waals surface area contributed by atoms with Gasteiger partial charge >= 0.3 is 0 Å². The molecule has 1 spiro atoms. The van der Waals surface area contributed by atoms with Crippen molar-refractivity contribution in [1.82, 2.24) is 15.0 Å². The van der Waals surface area contributed by atoms with Crippen molar-refractivity contribution in [3.63, 3.8) is 0 Å². The van der Waals surface area contributed by atoms with E-state index >= 15 is 0 Å². The van der Waals surface area contributed by atoms with Gasteiger partial charge in [-0.3, -0.25) is 9.98 Å². The van der Waals surface area contributed by atoms with Crippen LogP contribution in [-0.4, -0.2) is 20.7 Å². The molecule has 3 aromatic heterocycles. The van der Waals surface area contributed by atoms with E-state index in [1.54, 1.807) is 0 Å². The van der Waals surface area contributed by atoms with Crippen LogP contribution in [0.5, 0.6) is 0 Å². The first-order valence-corrected chi connectivity index (χ1v) is 20.8. The molecule has 0 saturated carbocycles. The summed E-state index contributed by atoms with van der Waals surface area (Å²) in [6, 6.07) is 58.5. The fraction of sp³-hybridized carbons (Fsp3) is 0.0588. The van der Waals surface area contributed by atoms with Gasteiger partial charge in [-0.25, -0.2) is 9.97 Å². The second-order valence-electron chi connectivity index (χ2n) is 13.3. The number of rotatable bonds is 6. The smallest absolute Gasteiger partial charge is 0.0893 e. The summed E-state index contributed by atoms with van der Waals surface area (Å²) in [7, 11) is -2.24. The first-order chi connectivity index (χ1) is 27.8. The predicted molar refractivity (Wildman–Crippen MR) is 235 cm³/mol. The molecule has 7 aromatic rings. The zero-order valence-electron chi connectivity index (χ0n) is 31.4. The maximum atomic E-state index is 5.57. The molecule has 0 amide bonds. The predicted octanol–water partition coefficient (Wildman–Crippen LogP) is 13.2. The minimum absolute atomic E-state index is 0.836. The molecule has 0 saturated heterocycles. The summed E-state index contributed by atoms with van der Waals surface area (Å²) in [6.07, 6.45) is 10.9. The number of allylic oxidation sites excluding steroid dienone is 5. The SMILES string of the molecule is C1=CN=C(c2cccc(C3=C(c4ccccc4)C(c4ccccc4)=C(c4cccc(-c5ccccn5)n4)S34c3ccccc3-c3ccccc34)n2)C=CC1.CC. The molecule has 3 aliphatic rings. The lowest BCUT2D eigenvalue weighted by molar-refractivity contribution is 1.23. The summed E-state index contributed by atoms with van der Waals surface area (Å²) in [5.74, 6) is 0. The van der Waals surface area contributed by atoms with Crippen LogP contribution >= 0.6 is 10.0 Å². The van der Waals surface area contributed by atoms with Gasteiger partial charge in [0.15, 0.2) is 0 Å². The number of benzene rings is 4. The third-order valence-corrected chi connectivity index (χ3v) is 14.3. The molecule has 0 aliphatic carbocycles. The summed E-state index contributed by atoms with van der Waals surface area (Å²) < 4.78 is 0. The molecule has 0 atom stereocenters. The van der Waals surface area contributed by atoms with Crippen LogP contribution in [0.3, 0.4) is 0 Å². The highest BCUT2D eigenvalue weighted by atomic mass is 32.3. The molecule has 0 N–H and O–H groups in total. The number of nitrogens with zero attached hydrogens (tertiary/aromatic N) is 4. The van der Waals surface area contributed by atoms with Crippen molar-refractivity contribution in [2.75, 3.05) is 0 Å². The van der Waals surface area contributed by atoms with Crippen molar-refractivity contribution in [3.8, 4) is 22.5 Å². The Morgan fingerprint density at radius 3 is 1.54 bits per heavy atom. The molecule has 4 nitrogen and oxygen atoms in total. The third-order valence-electron chi connectivity index (χ3n) is 10.2. The fourth-order valence-electron chi connectivity index (χ4n) is 8.00. The first-order valence-electron chi connectivity index (χ1n) is 19.2. The molecule has 6 heterocycles. The van der Waals surface area contributed by atoms with Crippen LogP contribution in [0.4, 0.5) is 0 Å². The van der Waals surface area contributed by atoms with Gasteiger partial charge in [0.1, 0.15) is 0 Å². The zero-order chi connectivity index (χ0) is 37.9. The van der Waals surface area contributed by atoms with Crippen molar-refractivity contribution in [1.29, 1.82) is 0 Å². The van der Waals surface area contributed by atoms with Crippen LogP contribution < -0.4 is 0 Å². The molecular formula is C51H40N4S.